The molecule has 1 heterocycles. The molecule has 3 nitrogen and oxygen atoms in total. The zero-order valence-electron chi connectivity index (χ0n) is 11.7. The summed E-state index contributed by atoms with van der Waals surface area (Å²) in [5.41, 5.74) is 1.17. The van der Waals surface area contributed by atoms with Crippen molar-refractivity contribution in [3.63, 3.8) is 0 Å². The molecule has 1 aromatic rings. The molecule has 1 unspecified atom stereocenters. The van der Waals surface area contributed by atoms with Gasteiger partial charge in [0.15, 0.2) is 5.13 Å². The zero-order valence-corrected chi connectivity index (χ0v) is 12.5. The maximum absolute atomic E-state index is 4.66. The number of hydrogen-bond acceptors (Lipinski definition) is 4. The van der Waals surface area contributed by atoms with Crippen molar-refractivity contribution in [1.29, 1.82) is 0 Å². The highest BCUT2D eigenvalue weighted by molar-refractivity contribution is 7.15. The summed E-state index contributed by atoms with van der Waals surface area (Å²) >= 11 is 1.81. The van der Waals surface area contributed by atoms with E-state index in [0.717, 1.165) is 24.6 Å². The summed E-state index contributed by atoms with van der Waals surface area (Å²) < 4.78 is 0. The third-order valence-corrected chi connectivity index (χ3v) is 4.40. The molecule has 1 atom stereocenters. The number of rotatable bonds is 7. The fraction of sp³-hybridized carbons (Fsp3) is 0.769. The molecule has 1 rings (SSSR count). The summed E-state index contributed by atoms with van der Waals surface area (Å²) in [6.07, 6.45) is 2.33. The highest BCUT2D eigenvalue weighted by atomic mass is 32.1. The maximum Gasteiger partial charge on any atom is 0.185 e. The minimum atomic E-state index is 0.553. The molecular formula is C13H25N3S. The fourth-order valence-corrected chi connectivity index (χ4v) is 2.66. The largest absolute Gasteiger partial charge is 0.348 e. The molecule has 4 heteroatoms. The van der Waals surface area contributed by atoms with Gasteiger partial charge >= 0.3 is 0 Å². The third-order valence-electron chi connectivity index (χ3n) is 3.15. The van der Waals surface area contributed by atoms with Gasteiger partial charge in [0.05, 0.1) is 5.69 Å². The Labute approximate surface area is 109 Å². The number of nitrogens with one attached hydrogen (secondary N) is 1. The van der Waals surface area contributed by atoms with Gasteiger partial charge in [-0.3, -0.25) is 0 Å². The number of hydrogen-bond donors (Lipinski definition) is 1. The summed E-state index contributed by atoms with van der Waals surface area (Å²) in [5, 5.41) is 4.58. The van der Waals surface area contributed by atoms with Crippen LogP contribution in [0.25, 0.3) is 0 Å². The van der Waals surface area contributed by atoms with Gasteiger partial charge in [-0.05, 0) is 33.2 Å². The molecule has 0 aliphatic rings. The normalized spacial score (nSPS) is 12.8. The summed E-state index contributed by atoms with van der Waals surface area (Å²) in [4.78, 5) is 8.31. The Kier molecular flexibility index (Phi) is 5.92. The second-order valence-electron chi connectivity index (χ2n) is 4.55. The minimum absolute atomic E-state index is 0.553. The van der Waals surface area contributed by atoms with E-state index in [2.05, 4.69) is 49.9 Å². The Morgan fingerprint density at radius 2 is 2.12 bits per heavy atom. The smallest absolute Gasteiger partial charge is 0.185 e. The van der Waals surface area contributed by atoms with Gasteiger partial charge in [0, 0.05) is 24.5 Å². The van der Waals surface area contributed by atoms with Gasteiger partial charge < -0.3 is 10.2 Å². The molecular weight excluding hydrogens is 230 g/mol. The number of aromatic nitrogens is 1. The average Bonchev–Trinajstić information content (AvgIpc) is 2.69. The predicted octanol–water partition coefficient (Wildman–Crippen LogP) is 3.19. The summed E-state index contributed by atoms with van der Waals surface area (Å²) in [7, 11) is 2.13. The molecule has 0 spiro atoms. The number of aryl methyl sites for hydroxylation is 1. The average molecular weight is 255 g/mol. The Bertz CT molecular complexity index is 335. The van der Waals surface area contributed by atoms with Crippen LogP contribution in [0.5, 0.6) is 0 Å². The van der Waals surface area contributed by atoms with Crippen LogP contribution in [0, 0.1) is 6.92 Å². The van der Waals surface area contributed by atoms with Crippen molar-refractivity contribution in [2.75, 3.05) is 18.5 Å². The quantitative estimate of drug-likeness (QED) is 0.758. The highest BCUT2D eigenvalue weighted by Crippen LogP contribution is 2.26. The Morgan fingerprint density at radius 1 is 1.41 bits per heavy atom. The predicted molar refractivity (Wildman–Crippen MR) is 77.0 cm³/mol. The monoisotopic (exact) mass is 255 g/mol. The van der Waals surface area contributed by atoms with Crippen LogP contribution in [0.1, 0.15) is 44.2 Å². The first-order valence-electron chi connectivity index (χ1n) is 6.49. The van der Waals surface area contributed by atoms with Crippen LogP contribution in [-0.4, -0.2) is 24.6 Å². The molecule has 0 amide bonds. The van der Waals surface area contributed by atoms with Crippen LogP contribution < -0.4 is 10.2 Å². The van der Waals surface area contributed by atoms with Gasteiger partial charge in [0.1, 0.15) is 0 Å². The molecule has 0 saturated carbocycles. The first-order chi connectivity index (χ1) is 8.10. The minimum Gasteiger partial charge on any atom is -0.348 e. The second-order valence-corrected chi connectivity index (χ2v) is 5.61. The van der Waals surface area contributed by atoms with Crippen LogP contribution in [-0.2, 0) is 6.54 Å². The van der Waals surface area contributed by atoms with Crippen LogP contribution in [0.4, 0.5) is 5.13 Å². The Morgan fingerprint density at radius 3 is 2.71 bits per heavy atom. The van der Waals surface area contributed by atoms with Gasteiger partial charge in [0.2, 0.25) is 0 Å². The van der Waals surface area contributed by atoms with Crippen LogP contribution in [0.15, 0.2) is 0 Å². The highest BCUT2D eigenvalue weighted by Gasteiger charge is 2.14. The van der Waals surface area contributed by atoms with E-state index in [1.807, 2.05) is 11.3 Å². The van der Waals surface area contributed by atoms with E-state index in [1.54, 1.807) is 0 Å². The fourth-order valence-electron chi connectivity index (χ4n) is 1.57. The number of thiazole rings is 1. The van der Waals surface area contributed by atoms with Gasteiger partial charge in [-0.15, -0.1) is 11.3 Å². The topological polar surface area (TPSA) is 28.2 Å². The van der Waals surface area contributed by atoms with E-state index < -0.39 is 0 Å². The lowest BCUT2D eigenvalue weighted by atomic mass is 10.2. The lowest BCUT2D eigenvalue weighted by Crippen LogP contribution is -2.27. The molecule has 0 radical (unpaired) electrons. The molecule has 1 aromatic heterocycles. The van der Waals surface area contributed by atoms with E-state index in [-0.39, 0.29) is 0 Å². The summed E-state index contributed by atoms with van der Waals surface area (Å²) in [6.45, 7) is 10.8. The van der Waals surface area contributed by atoms with Gasteiger partial charge in [0.25, 0.3) is 0 Å². The molecule has 0 fully saturated rings. The van der Waals surface area contributed by atoms with E-state index in [4.69, 9.17) is 0 Å². The lowest BCUT2D eigenvalue weighted by molar-refractivity contribution is 0.661. The van der Waals surface area contributed by atoms with Crippen LogP contribution in [0.3, 0.4) is 0 Å². The van der Waals surface area contributed by atoms with Crippen molar-refractivity contribution in [1.82, 2.24) is 10.3 Å². The number of anilines is 1. The van der Waals surface area contributed by atoms with E-state index in [1.165, 1.54) is 17.0 Å². The van der Waals surface area contributed by atoms with Gasteiger partial charge in [-0.2, -0.15) is 0 Å². The molecule has 98 valence electrons. The SMILES string of the molecule is CCCNCc1sc(N(C)C(C)CC)nc1C. The summed E-state index contributed by atoms with van der Waals surface area (Å²) in [5.74, 6) is 0. The first kappa shape index (κ1) is 14.5. The second kappa shape index (κ2) is 6.97. The van der Waals surface area contributed by atoms with Crippen LogP contribution in [0.2, 0.25) is 0 Å². The van der Waals surface area contributed by atoms with Crippen molar-refractivity contribution < 1.29 is 0 Å². The standard InChI is InChI=1S/C13H25N3S/c1-6-8-14-9-12-11(4)15-13(17-12)16(5)10(3)7-2/h10,14H,6-9H2,1-5H3. The lowest BCUT2D eigenvalue weighted by Gasteiger charge is -2.22. The van der Waals surface area contributed by atoms with E-state index in [9.17, 15) is 0 Å². The van der Waals surface area contributed by atoms with Gasteiger partial charge in [-0.1, -0.05) is 13.8 Å². The molecule has 0 aromatic carbocycles. The third kappa shape index (κ3) is 3.96. The van der Waals surface area contributed by atoms with Crippen LogP contribution >= 0.6 is 11.3 Å². The van der Waals surface area contributed by atoms with Crippen molar-refractivity contribution in [3.05, 3.63) is 10.6 Å². The van der Waals surface area contributed by atoms with E-state index in [0.29, 0.717) is 6.04 Å². The zero-order chi connectivity index (χ0) is 12.8. The summed E-state index contributed by atoms with van der Waals surface area (Å²) in [6, 6.07) is 0.553. The molecule has 0 saturated heterocycles. The van der Waals surface area contributed by atoms with E-state index >= 15 is 0 Å². The molecule has 0 aliphatic carbocycles. The molecule has 17 heavy (non-hydrogen) atoms. The number of nitrogens with zero attached hydrogens (tertiary/aromatic N) is 2. The molecule has 0 bridgehead atoms. The maximum atomic E-state index is 4.66. The Hall–Kier alpha value is -0.610. The Balaban J connectivity index is 2.67. The molecule has 0 aliphatic heterocycles. The van der Waals surface area contributed by atoms with Crippen molar-refractivity contribution >= 4 is 16.5 Å². The van der Waals surface area contributed by atoms with Crippen molar-refractivity contribution in [3.8, 4) is 0 Å². The molecule has 1 N–H and O–H groups in total. The van der Waals surface area contributed by atoms with Crippen molar-refractivity contribution in [2.24, 2.45) is 0 Å². The van der Waals surface area contributed by atoms with Gasteiger partial charge in [-0.25, -0.2) is 4.98 Å². The van der Waals surface area contributed by atoms with Crippen molar-refractivity contribution in [2.45, 2.75) is 53.1 Å². The first-order valence-corrected chi connectivity index (χ1v) is 7.31.